The van der Waals surface area contributed by atoms with E-state index in [4.69, 9.17) is 10.3 Å². The number of pyridine rings is 1. The second-order valence-corrected chi connectivity index (χ2v) is 3.34. The van der Waals surface area contributed by atoms with Crippen molar-refractivity contribution >= 4 is 5.82 Å². The van der Waals surface area contributed by atoms with E-state index < -0.39 is 0 Å². The quantitative estimate of drug-likeness (QED) is 0.831. The summed E-state index contributed by atoms with van der Waals surface area (Å²) in [4.78, 5) is 4.22. The number of hydrogen-bond donors (Lipinski definition) is 1. The average molecular weight is 203 g/mol. The summed E-state index contributed by atoms with van der Waals surface area (Å²) in [6, 6.07) is 5.67. The summed E-state index contributed by atoms with van der Waals surface area (Å²) in [5.74, 6) is 1.16. The molecule has 0 spiro atoms. The minimum absolute atomic E-state index is 0.470. The van der Waals surface area contributed by atoms with Crippen LogP contribution in [0, 0.1) is 0 Å². The zero-order chi connectivity index (χ0) is 10.7. The first-order valence-electron chi connectivity index (χ1n) is 4.98. The van der Waals surface area contributed by atoms with Gasteiger partial charge in [-0.3, -0.25) is 4.98 Å². The largest absolute Gasteiger partial charge is 0.381 e. The van der Waals surface area contributed by atoms with Crippen LogP contribution >= 0.6 is 0 Å². The van der Waals surface area contributed by atoms with Crippen molar-refractivity contribution in [3.05, 3.63) is 30.0 Å². The predicted octanol–water partition coefficient (Wildman–Crippen LogP) is 2.27. The Morgan fingerprint density at radius 2 is 2.27 bits per heavy atom. The molecule has 0 bridgehead atoms. The van der Waals surface area contributed by atoms with Crippen molar-refractivity contribution in [1.29, 1.82) is 0 Å². The van der Waals surface area contributed by atoms with E-state index in [2.05, 4.69) is 17.1 Å². The second-order valence-electron chi connectivity index (χ2n) is 3.34. The van der Waals surface area contributed by atoms with E-state index in [1.165, 1.54) is 0 Å². The average Bonchev–Trinajstić information content (AvgIpc) is 2.63. The van der Waals surface area contributed by atoms with Gasteiger partial charge in [-0.2, -0.15) is 0 Å². The normalized spacial score (nSPS) is 10.5. The molecule has 2 aromatic rings. The summed E-state index contributed by atoms with van der Waals surface area (Å²) in [6.45, 7) is 2.09. The summed E-state index contributed by atoms with van der Waals surface area (Å²) >= 11 is 0. The minimum Gasteiger partial charge on any atom is -0.381 e. The van der Waals surface area contributed by atoms with Crippen LogP contribution < -0.4 is 5.73 Å². The molecule has 2 N–H and O–H groups in total. The molecular weight excluding hydrogens is 190 g/mol. The molecule has 4 heteroatoms. The molecule has 0 atom stereocenters. The molecule has 2 heterocycles. The molecule has 2 aromatic heterocycles. The molecule has 0 amide bonds. The zero-order valence-corrected chi connectivity index (χ0v) is 8.60. The van der Waals surface area contributed by atoms with E-state index >= 15 is 0 Å². The third kappa shape index (κ3) is 1.83. The molecular formula is C11H13N3O. The molecule has 0 aliphatic carbocycles. The summed E-state index contributed by atoms with van der Waals surface area (Å²) in [7, 11) is 0. The lowest BCUT2D eigenvalue weighted by Gasteiger charge is -1.98. The van der Waals surface area contributed by atoms with Crippen LogP contribution in [0.15, 0.2) is 28.9 Å². The van der Waals surface area contributed by atoms with E-state index in [-0.39, 0.29) is 0 Å². The fourth-order valence-corrected chi connectivity index (χ4v) is 1.51. The van der Waals surface area contributed by atoms with Gasteiger partial charge in [-0.25, -0.2) is 0 Å². The second kappa shape index (κ2) is 4.13. The Hall–Kier alpha value is -1.84. The van der Waals surface area contributed by atoms with Crippen LogP contribution in [0.1, 0.15) is 18.9 Å². The molecule has 0 fully saturated rings. The number of aromatic nitrogens is 2. The van der Waals surface area contributed by atoms with Gasteiger partial charge in [-0.1, -0.05) is 24.6 Å². The molecule has 4 nitrogen and oxygen atoms in total. The third-order valence-corrected chi connectivity index (χ3v) is 2.22. The predicted molar refractivity (Wildman–Crippen MR) is 58.1 cm³/mol. The van der Waals surface area contributed by atoms with E-state index in [0.717, 1.165) is 24.1 Å². The van der Waals surface area contributed by atoms with Crippen LogP contribution in [0.3, 0.4) is 0 Å². The molecule has 2 rings (SSSR count). The molecule has 0 aliphatic heterocycles. The molecule has 0 aliphatic rings. The fraction of sp³-hybridized carbons (Fsp3) is 0.273. The van der Waals surface area contributed by atoms with Crippen LogP contribution in [0.25, 0.3) is 11.5 Å². The topological polar surface area (TPSA) is 64.9 Å². The van der Waals surface area contributed by atoms with Crippen LogP contribution in [0.5, 0.6) is 0 Å². The smallest absolute Gasteiger partial charge is 0.190 e. The Bertz CT molecular complexity index is 436. The summed E-state index contributed by atoms with van der Waals surface area (Å²) in [5.41, 5.74) is 7.47. The number of nitrogens with two attached hydrogens (primary N) is 1. The molecule has 0 unspecified atom stereocenters. The van der Waals surface area contributed by atoms with Crippen LogP contribution in [-0.2, 0) is 6.42 Å². The van der Waals surface area contributed by atoms with Gasteiger partial charge in [-0.15, -0.1) is 0 Å². The van der Waals surface area contributed by atoms with E-state index in [9.17, 15) is 0 Å². The van der Waals surface area contributed by atoms with E-state index in [0.29, 0.717) is 11.6 Å². The molecule has 0 saturated heterocycles. The highest BCUT2D eigenvalue weighted by molar-refractivity contribution is 5.62. The Labute approximate surface area is 88.1 Å². The lowest BCUT2D eigenvalue weighted by molar-refractivity contribution is 0.433. The molecule has 0 aromatic carbocycles. The standard InChI is InChI=1S/C11H13N3O/c1-2-5-8-10(15-14-11(8)12)9-6-3-4-7-13-9/h3-4,6-7H,2,5H2,1H3,(H2,12,14). The number of hydrogen-bond acceptors (Lipinski definition) is 4. The minimum atomic E-state index is 0.470. The Morgan fingerprint density at radius 1 is 1.40 bits per heavy atom. The maximum atomic E-state index is 5.73. The highest BCUT2D eigenvalue weighted by Crippen LogP contribution is 2.26. The monoisotopic (exact) mass is 203 g/mol. The number of rotatable bonds is 3. The highest BCUT2D eigenvalue weighted by atomic mass is 16.5. The first kappa shape index (κ1) is 9.71. The SMILES string of the molecule is CCCc1c(N)noc1-c1ccccn1. The van der Waals surface area contributed by atoms with Crippen molar-refractivity contribution in [1.82, 2.24) is 10.1 Å². The van der Waals surface area contributed by atoms with Crippen molar-refractivity contribution in [2.24, 2.45) is 0 Å². The van der Waals surface area contributed by atoms with Crippen LogP contribution in [0.4, 0.5) is 5.82 Å². The van der Waals surface area contributed by atoms with Crippen molar-refractivity contribution in [2.75, 3.05) is 5.73 Å². The van der Waals surface area contributed by atoms with E-state index in [1.807, 2.05) is 18.2 Å². The first-order chi connectivity index (χ1) is 7.33. The van der Waals surface area contributed by atoms with Crippen LogP contribution in [-0.4, -0.2) is 10.1 Å². The van der Waals surface area contributed by atoms with Gasteiger partial charge in [0.2, 0.25) is 0 Å². The summed E-state index contributed by atoms with van der Waals surface area (Å²) in [5, 5.41) is 3.77. The van der Waals surface area contributed by atoms with E-state index in [1.54, 1.807) is 6.20 Å². The number of nitrogen functional groups attached to an aromatic ring is 1. The Balaban J connectivity index is 2.44. The zero-order valence-electron chi connectivity index (χ0n) is 8.60. The number of nitrogens with zero attached hydrogens (tertiary/aromatic N) is 2. The third-order valence-electron chi connectivity index (χ3n) is 2.22. The van der Waals surface area contributed by atoms with Gasteiger partial charge in [0.25, 0.3) is 0 Å². The maximum absolute atomic E-state index is 5.73. The van der Waals surface area contributed by atoms with Crippen molar-refractivity contribution < 1.29 is 4.52 Å². The van der Waals surface area contributed by atoms with Gasteiger partial charge >= 0.3 is 0 Å². The first-order valence-corrected chi connectivity index (χ1v) is 4.98. The number of anilines is 1. The van der Waals surface area contributed by atoms with Crippen molar-refractivity contribution in [2.45, 2.75) is 19.8 Å². The lowest BCUT2D eigenvalue weighted by atomic mass is 10.1. The summed E-state index contributed by atoms with van der Waals surface area (Å²) in [6.07, 6.45) is 3.59. The van der Waals surface area contributed by atoms with Crippen molar-refractivity contribution in [3.8, 4) is 11.5 Å². The lowest BCUT2D eigenvalue weighted by Crippen LogP contribution is -1.93. The maximum Gasteiger partial charge on any atom is 0.190 e. The highest BCUT2D eigenvalue weighted by Gasteiger charge is 2.15. The molecule has 0 radical (unpaired) electrons. The van der Waals surface area contributed by atoms with Gasteiger partial charge in [0, 0.05) is 11.8 Å². The summed E-state index contributed by atoms with van der Waals surface area (Å²) < 4.78 is 5.20. The molecule has 15 heavy (non-hydrogen) atoms. The van der Waals surface area contributed by atoms with Crippen molar-refractivity contribution in [3.63, 3.8) is 0 Å². The Kier molecular flexibility index (Phi) is 2.67. The molecule has 0 saturated carbocycles. The van der Waals surface area contributed by atoms with Gasteiger partial charge in [0.05, 0.1) is 0 Å². The Morgan fingerprint density at radius 3 is 2.93 bits per heavy atom. The van der Waals surface area contributed by atoms with Gasteiger partial charge in [0.15, 0.2) is 11.6 Å². The fourth-order valence-electron chi connectivity index (χ4n) is 1.51. The van der Waals surface area contributed by atoms with Crippen LogP contribution in [0.2, 0.25) is 0 Å². The van der Waals surface area contributed by atoms with Gasteiger partial charge in [0.1, 0.15) is 5.69 Å². The van der Waals surface area contributed by atoms with Gasteiger partial charge < -0.3 is 10.3 Å². The molecule has 78 valence electrons. The van der Waals surface area contributed by atoms with Gasteiger partial charge in [-0.05, 0) is 18.6 Å².